The number of rotatable bonds is 18. The number of aliphatic hydroxyl groups is 1. The first-order valence-corrected chi connectivity index (χ1v) is 26.9. The van der Waals surface area contributed by atoms with E-state index >= 15 is 0 Å². The maximum absolute atomic E-state index is 14.0. The van der Waals surface area contributed by atoms with Crippen molar-refractivity contribution in [3.63, 3.8) is 0 Å². The first-order chi connectivity index (χ1) is 33.2. The Morgan fingerprint density at radius 1 is 0.841 bits per heavy atom. The largest absolute Gasteiger partial charge is 0.771 e. The highest BCUT2D eigenvalue weighted by Gasteiger charge is 2.27. The molecule has 1 aromatic heterocycles. The van der Waals surface area contributed by atoms with E-state index in [0.29, 0.717) is 59.9 Å². The second-order valence-corrected chi connectivity index (χ2v) is 21.4. The number of aromatic nitrogens is 1. The van der Waals surface area contributed by atoms with Crippen molar-refractivity contribution in [2.24, 2.45) is 7.05 Å². The lowest BCUT2D eigenvalue weighted by molar-refractivity contribution is 0.0817. The number of benzene rings is 5. The van der Waals surface area contributed by atoms with Crippen LogP contribution in [0, 0.1) is 19.7 Å². The van der Waals surface area contributed by atoms with Crippen molar-refractivity contribution in [2.45, 2.75) is 55.0 Å². The molecule has 13 nitrogen and oxygen atoms in total. The van der Waals surface area contributed by atoms with Crippen molar-refractivity contribution in [1.29, 1.82) is 0 Å². The molecule has 2 aliphatic rings. The van der Waals surface area contributed by atoms with Gasteiger partial charge in [-0.05, 0) is 152 Å². The number of aliphatic hydroxyl groups excluding tert-OH is 1. The van der Waals surface area contributed by atoms with Gasteiger partial charge in [0, 0.05) is 104 Å². The number of halogens is 1. The van der Waals surface area contributed by atoms with E-state index in [1.54, 1.807) is 55.1 Å². The predicted molar refractivity (Wildman–Crippen MR) is 276 cm³/mol. The summed E-state index contributed by atoms with van der Waals surface area (Å²) in [4.78, 5) is 21.9. The smallest absolute Gasteiger partial charge is 0.261 e. The maximum atomic E-state index is 14.0. The van der Waals surface area contributed by atoms with Crippen molar-refractivity contribution < 1.29 is 31.5 Å². The summed E-state index contributed by atoms with van der Waals surface area (Å²) >= 11 is -0.678. The quantitative estimate of drug-likeness (QED) is 0.0485. The number of sulfonamides is 1. The molecule has 3 heterocycles. The highest BCUT2D eigenvalue weighted by atomic mass is 32.2. The number of thioether (sulfide) groups is 1. The van der Waals surface area contributed by atoms with Gasteiger partial charge in [0.25, 0.3) is 15.9 Å². The van der Waals surface area contributed by atoms with Gasteiger partial charge < -0.3 is 39.6 Å². The Kier molecular flexibility index (Phi) is 16.1. The van der Waals surface area contributed by atoms with Crippen LogP contribution in [0.4, 0.5) is 27.1 Å². The molecule has 1 amide bonds. The molecular formula is C52H59FN7O6S3-. The summed E-state index contributed by atoms with van der Waals surface area (Å²) < 4.78 is 68.9. The summed E-state index contributed by atoms with van der Waals surface area (Å²) in [6, 6.07) is 37.1. The highest BCUT2D eigenvalue weighted by Crippen LogP contribution is 2.40. The number of likely N-dealkylation sites (tertiary alicyclic amines) is 1. The van der Waals surface area contributed by atoms with Gasteiger partial charge in [0.2, 0.25) is 0 Å². The van der Waals surface area contributed by atoms with Crippen molar-refractivity contribution in [3.05, 3.63) is 144 Å². The fourth-order valence-corrected chi connectivity index (χ4v) is 11.5. The molecule has 0 bridgehead atoms. The van der Waals surface area contributed by atoms with E-state index in [1.807, 2.05) is 79.2 Å². The van der Waals surface area contributed by atoms with Crippen molar-refractivity contribution >= 4 is 61.5 Å². The first kappa shape index (κ1) is 49.7. The van der Waals surface area contributed by atoms with Gasteiger partial charge in [-0.15, -0.1) is 11.8 Å². The van der Waals surface area contributed by atoms with Crippen LogP contribution in [0.25, 0.3) is 22.4 Å². The molecule has 0 spiro atoms. The molecule has 2 atom stereocenters. The third-order valence-corrected chi connectivity index (χ3v) is 16.0. The molecule has 6 aromatic rings. The van der Waals surface area contributed by atoms with Gasteiger partial charge >= 0.3 is 0 Å². The zero-order valence-corrected chi connectivity index (χ0v) is 41.5. The van der Waals surface area contributed by atoms with E-state index in [0.717, 1.165) is 72.8 Å². The zero-order chi connectivity index (χ0) is 48.7. The summed E-state index contributed by atoms with van der Waals surface area (Å²) in [5.41, 5.74) is 7.88. The number of aryl methyl sites for hydroxylation is 1. The minimum atomic E-state index is -3.88. The van der Waals surface area contributed by atoms with Crippen molar-refractivity contribution in [1.82, 2.24) is 14.8 Å². The van der Waals surface area contributed by atoms with Crippen molar-refractivity contribution in [2.75, 3.05) is 77.3 Å². The van der Waals surface area contributed by atoms with Gasteiger partial charge in [0.15, 0.2) is 0 Å². The lowest BCUT2D eigenvalue weighted by atomic mass is 9.96. The van der Waals surface area contributed by atoms with E-state index in [4.69, 9.17) is 0 Å². The van der Waals surface area contributed by atoms with E-state index in [9.17, 15) is 31.5 Å². The Labute approximate surface area is 411 Å². The molecule has 0 radical (unpaired) electrons. The van der Waals surface area contributed by atoms with Crippen LogP contribution in [0.1, 0.15) is 40.9 Å². The number of piperazine rings is 1. The second-order valence-electron chi connectivity index (χ2n) is 17.7. The molecule has 69 heavy (non-hydrogen) atoms. The van der Waals surface area contributed by atoms with Crippen LogP contribution in [0.2, 0.25) is 0 Å². The fraction of sp³-hybridized carbons (Fsp3) is 0.327. The van der Waals surface area contributed by atoms with Gasteiger partial charge in [-0.2, -0.15) is 0 Å². The normalized spacial score (nSPS) is 15.7. The monoisotopic (exact) mass is 992 g/mol. The maximum Gasteiger partial charge on any atom is 0.261 e. The number of carbonyl (C=O) groups is 1. The Morgan fingerprint density at radius 2 is 1.52 bits per heavy atom. The Morgan fingerprint density at radius 3 is 2.19 bits per heavy atom. The van der Waals surface area contributed by atoms with Gasteiger partial charge in [-0.3, -0.25) is 13.7 Å². The average Bonchev–Trinajstić information content (AvgIpc) is 3.62. The number of nitrogens with zero attached hydrogens (tertiary/aromatic N) is 4. The van der Waals surface area contributed by atoms with E-state index < -0.39 is 32.9 Å². The van der Waals surface area contributed by atoms with Gasteiger partial charge in [-0.25, -0.2) is 12.8 Å². The Hall–Kier alpha value is -5.69. The molecule has 8 rings (SSSR count). The number of amides is 1. The van der Waals surface area contributed by atoms with Crippen molar-refractivity contribution in [3.8, 4) is 22.4 Å². The zero-order valence-electron chi connectivity index (χ0n) is 39.1. The molecule has 0 saturated carbocycles. The number of hydrogen-bond acceptors (Lipinski definition) is 11. The van der Waals surface area contributed by atoms with Crippen LogP contribution in [0.15, 0.2) is 131 Å². The minimum Gasteiger partial charge on any atom is -0.771 e. The number of nitrogens with one attached hydrogen (secondary N) is 3. The van der Waals surface area contributed by atoms with Gasteiger partial charge in [-0.1, -0.05) is 30.3 Å². The minimum absolute atomic E-state index is 0.143. The van der Waals surface area contributed by atoms with Crippen LogP contribution in [0.3, 0.4) is 0 Å². The van der Waals surface area contributed by atoms with Gasteiger partial charge in [0.1, 0.15) is 5.82 Å². The summed E-state index contributed by atoms with van der Waals surface area (Å²) in [7, 11) is -2.05. The molecule has 4 N–H and O–H groups in total. The lowest BCUT2D eigenvalue weighted by Gasteiger charge is -2.37. The molecule has 1 unspecified atom stereocenters. The van der Waals surface area contributed by atoms with Gasteiger partial charge in [0.05, 0.1) is 28.1 Å². The Bertz CT molecular complexity index is 2850. The third kappa shape index (κ3) is 12.4. The predicted octanol–water partition coefficient (Wildman–Crippen LogP) is 8.23. The van der Waals surface area contributed by atoms with E-state index in [-0.39, 0.29) is 22.9 Å². The average molecular weight is 993 g/mol. The fourth-order valence-electron chi connectivity index (χ4n) is 9.13. The molecule has 2 aliphatic heterocycles. The number of piperidine rings is 1. The first-order valence-electron chi connectivity index (χ1n) is 23.2. The Balaban J connectivity index is 0.906. The molecule has 5 aromatic carbocycles. The molecule has 0 aliphatic carbocycles. The molecule has 2 fully saturated rings. The molecule has 17 heteroatoms. The summed E-state index contributed by atoms with van der Waals surface area (Å²) in [6.07, 6.45) is 2.30. The van der Waals surface area contributed by atoms with Crippen LogP contribution in [0.5, 0.6) is 0 Å². The van der Waals surface area contributed by atoms with Crippen LogP contribution in [-0.4, -0.2) is 107 Å². The summed E-state index contributed by atoms with van der Waals surface area (Å²) in [5, 5.41) is 16.2. The molecule has 2 saturated heterocycles. The van der Waals surface area contributed by atoms with E-state index in [2.05, 4.69) is 42.2 Å². The highest BCUT2D eigenvalue weighted by molar-refractivity contribution is 7.99. The third-order valence-electron chi connectivity index (χ3n) is 13.1. The number of carbonyl (C=O) groups excluding carboxylic acids is 1. The number of hydrogen-bond donors (Lipinski definition) is 4. The van der Waals surface area contributed by atoms with Crippen LogP contribution >= 0.6 is 11.8 Å². The topological polar surface area (TPSA) is 162 Å². The summed E-state index contributed by atoms with van der Waals surface area (Å²) in [5.74, 6) is -0.587. The second kappa shape index (κ2) is 22.4. The van der Waals surface area contributed by atoms with Crippen LogP contribution < -0.4 is 25.2 Å². The summed E-state index contributed by atoms with van der Waals surface area (Å²) in [6.45, 7) is 9.22. The molecule has 364 valence electrons. The standard InChI is InChI=1S/C52H60FN7O6S3/c1-36-32-47(20-21-48(36)55-42(34-67-46-10-5-4-6-11-46)22-25-58-26-23-45(61)24-27-58)69(65,66)56-41-16-18-43(19-17-41)59-28-30-60(31-29-59)44-9-7-8-39(33-44)50-49(52(62)54-35-68(63)64)37(2)57(3)51(50)38-12-14-40(53)15-13-38/h4-21,32-33,42,45,55-56,61H,22-31,34-35H2,1-3H3,(H,54,62)(H,63,64)/p-1/t42-/m1/s1. The van der Waals surface area contributed by atoms with Crippen LogP contribution in [-0.2, 0) is 28.2 Å². The number of anilines is 4. The SMILES string of the molecule is Cc1cc(S(=O)(=O)Nc2ccc(N3CCN(c4cccc(-c5c(C(=O)NCS(=O)[O-])c(C)n(C)c5-c5ccc(F)cc5)c4)CC3)cc2)ccc1N[C@H](CCN1CCC(O)CC1)CSc1ccccc1. The molecular weight excluding hydrogens is 934 g/mol. The lowest BCUT2D eigenvalue weighted by Crippen LogP contribution is -2.46. The van der Waals surface area contributed by atoms with E-state index in [1.165, 1.54) is 17.0 Å².